The molecule has 0 heterocycles. The Morgan fingerprint density at radius 2 is 1.54 bits per heavy atom. The number of hydrogen-bond donors (Lipinski definition) is 1. The first kappa shape index (κ1) is 19.8. The van der Waals surface area contributed by atoms with Gasteiger partial charge in [0.25, 0.3) is 0 Å². The highest BCUT2D eigenvalue weighted by Gasteiger charge is 2.23. The molecule has 0 amide bonds. The van der Waals surface area contributed by atoms with Crippen LogP contribution in [0.5, 0.6) is 5.75 Å². The van der Waals surface area contributed by atoms with Crippen LogP contribution in [0, 0.1) is 0 Å². The summed E-state index contributed by atoms with van der Waals surface area (Å²) < 4.78 is 34.0. The fourth-order valence-electron chi connectivity index (χ4n) is 2.88. The third kappa shape index (κ3) is 4.47. The number of rotatable bonds is 7. The molecule has 0 saturated heterocycles. The number of carbonyl (C=O) groups excluding carboxylic acids is 1. The van der Waals surface area contributed by atoms with E-state index in [1.807, 2.05) is 42.5 Å². The standard InChI is InChI=1S/C22H21NO4S/c1-16(24)19-9-6-10-21(15-19)28(25,26)23-22(17-7-4-3-5-8-17)18-11-13-20(27-2)14-12-18/h3-15,22-23H,1-2H3/t22-/m0/s1. The number of hydrogen-bond acceptors (Lipinski definition) is 4. The summed E-state index contributed by atoms with van der Waals surface area (Å²) in [7, 11) is -2.28. The normalized spacial score (nSPS) is 12.4. The third-order valence-corrected chi connectivity index (χ3v) is 5.83. The van der Waals surface area contributed by atoms with Crippen LogP contribution in [0.15, 0.2) is 83.8 Å². The minimum Gasteiger partial charge on any atom is -0.497 e. The number of ether oxygens (including phenoxy) is 1. The molecule has 5 nitrogen and oxygen atoms in total. The van der Waals surface area contributed by atoms with Gasteiger partial charge in [-0.2, -0.15) is 4.72 Å². The highest BCUT2D eigenvalue weighted by Crippen LogP contribution is 2.26. The average molecular weight is 395 g/mol. The summed E-state index contributed by atoms with van der Waals surface area (Å²) in [4.78, 5) is 11.7. The Balaban J connectivity index is 2.01. The largest absolute Gasteiger partial charge is 0.497 e. The Kier molecular flexibility index (Phi) is 5.92. The molecule has 3 aromatic carbocycles. The predicted octanol–water partition coefficient (Wildman–Crippen LogP) is 3.97. The van der Waals surface area contributed by atoms with Crippen molar-refractivity contribution in [2.24, 2.45) is 0 Å². The molecule has 1 atom stereocenters. The lowest BCUT2D eigenvalue weighted by molar-refractivity contribution is 0.101. The smallest absolute Gasteiger partial charge is 0.241 e. The average Bonchev–Trinajstić information content (AvgIpc) is 2.73. The SMILES string of the molecule is COc1ccc([C@@H](NS(=O)(=O)c2cccc(C(C)=O)c2)c2ccccc2)cc1. The van der Waals surface area contributed by atoms with Crippen LogP contribution in [-0.2, 0) is 10.0 Å². The molecule has 3 rings (SSSR count). The summed E-state index contributed by atoms with van der Waals surface area (Å²) >= 11 is 0. The van der Waals surface area contributed by atoms with Crippen LogP contribution in [0.2, 0.25) is 0 Å². The van der Waals surface area contributed by atoms with Crippen molar-refractivity contribution in [3.8, 4) is 5.75 Å². The lowest BCUT2D eigenvalue weighted by Crippen LogP contribution is -2.29. The molecule has 6 heteroatoms. The molecule has 0 saturated carbocycles. The molecule has 0 spiro atoms. The molecule has 144 valence electrons. The molecule has 3 aromatic rings. The number of nitrogens with one attached hydrogen (secondary N) is 1. The molecule has 0 radical (unpaired) electrons. The minimum absolute atomic E-state index is 0.0506. The van der Waals surface area contributed by atoms with Crippen molar-refractivity contribution in [1.29, 1.82) is 0 Å². The van der Waals surface area contributed by atoms with Gasteiger partial charge in [0, 0.05) is 5.56 Å². The number of ketones is 1. The lowest BCUT2D eigenvalue weighted by atomic mass is 10.00. The van der Waals surface area contributed by atoms with E-state index in [4.69, 9.17) is 4.74 Å². The second-order valence-corrected chi connectivity index (χ2v) is 8.04. The first-order chi connectivity index (χ1) is 13.4. The third-order valence-electron chi connectivity index (χ3n) is 4.41. The molecule has 0 fully saturated rings. The van der Waals surface area contributed by atoms with Crippen molar-refractivity contribution in [1.82, 2.24) is 4.72 Å². The fourth-order valence-corrected chi connectivity index (χ4v) is 4.13. The van der Waals surface area contributed by atoms with Gasteiger partial charge in [-0.05, 0) is 42.3 Å². The van der Waals surface area contributed by atoms with Crippen LogP contribution in [0.4, 0.5) is 0 Å². The first-order valence-electron chi connectivity index (χ1n) is 8.73. The van der Waals surface area contributed by atoms with Crippen LogP contribution in [0.1, 0.15) is 34.5 Å². The Labute approximate surface area is 165 Å². The number of carbonyl (C=O) groups is 1. The summed E-state index contributed by atoms with van der Waals surface area (Å²) in [6.07, 6.45) is 0. The maximum absolute atomic E-state index is 13.0. The highest BCUT2D eigenvalue weighted by molar-refractivity contribution is 7.89. The Bertz CT molecular complexity index is 1060. The van der Waals surface area contributed by atoms with Gasteiger partial charge < -0.3 is 4.74 Å². The summed E-state index contributed by atoms with van der Waals surface area (Å²) in [5.41, 5.74) is 1.93. The topological polar surface area (TPSA) is 72.5 Å². The van der Waals surface area contributed by atoms with Gasteiger partial charge in [0.1, 0.15) is 5.75 Å². The van der Waals surface area contributed by atoms with Crippen molar-refractivity contribution >= 4 is 15.8 Å². The molecule has 0 aromatic heterocycles. The van der Waals surface area contributed by atoms with E-state index in [0.717, 1.165) is 11.1 Å². The van der Waals surface area contributed by atoms with Gasteiger partial charge in [0.05, 0.1) is 18.0 Å². The predicted molar refractivity (Wildman–Crippen MR) is 108 cm³/mol. The zero-order valence-corrected chi connectivity index (χ0v) is 16.4. The van der Waals surface area contributed by atoms with E-state index in [0.29, 0.717) is 11.3 Å². The molecule has 28 heavy (non-hydrogen) atoms. The first-order valence-corrected chi connectivity index (χ1v) is 10.2. The number of methoxy groups -OCH3 is 1. The van der Waals surface area contributed by atoms with Crippen LogP contribution >= 0.6 is 0 Å². The van der Waals surface area contributed by atoms with E-state index in [9.17, 15) is 13.2 Å². The molecule has 0 unspecified atom stereocenters. The molecule has 0 aliphatic heterocycles. The lowest BCUT2D eigenvalue weighted by Gasteiger charge is -2.20. The van der Waals surface area contributed by atoms with Gasteiger partial charge in [-0.3, -0.25) is 4.79 Å². The van der Waals surface area contributed by atoms with Gasteiger partial charge >= 0.3 is 0 Å². The van der Waals surface area contributed by atoms with Gasteiger partial charge in [0.15, 0.2) is 5.78 Å². The number of benzene rings is 3. The zero-order valence-electron chi connectivity index (χ0n) is 15.6. The fraction of sp³-hybridized carbons (Fsp3) is 0.136. The molecular formula is C22H21NO4S. The number of Topliss-reactive ketones (excluding diaryl/α,β-unsaturated/α-hetero) is 1. The molecule has 0 bridgehead atoms. The quantitative estimate of drug-likeness (QED) is 0.615. The molecule has 0 aliphatic carbocycles. The van der Waals surface area contributed by atoms with Crippen molar-refractivity contribution in [2.45, 2.75) is 17.9 Å². The zero-order chi connectivity index (χ0) is 20.1. The van der Waals surface area contributed by atoms with Crippen molar-refractivity contribution in [3.63, 3.8) is 0 Å². The van der Waals surface area contributed by atoms with Crippen LogP contribution < -0.4 is 9.46 Å². The van der Waals surface area contributed by atoms with Gasteiger partial charge in [-0.25, -0.2) is 8.42 Å². The molecular weight excluding hydrogens is 374 g/mol. The molecule has 0 aliphatic rings. The summed E-state index contributed by atoms with van der Waals surface area (Å²) in [5.74, 6) is 0.499. The Morgan fingerprint density at radius 1 is 0.893 bits per heavy atom. The highest BCUT2D eigenvalue weighted by atomic mass is 32.2. The van der Waals surface area contributed by atoms with Crippen molar-refractivity contribution in [2.75, 3.05) is 7.11 Å². The van der Waals surface area contributed by atoms with Crippen LogP contribution in [0.25, 0.3) is 0 Å². The van der Waals surface area contributed by atoms with E-state index in [1.165, 1.54) is 19.1 Å². The van der Waals surface area contributed by atoms with E-state index >= 15 is 0 Å². The van der Waals surface area contributed by atoms with Crippen molar-refractivity contribution in [3.05, 3.63) is 95.6 Å². The maximum atomic E-state index is 13.0. The van der Waals surface area contributed by atoms with E-state index in [1.54, 1.807) is 31.4 Å². The summed E-state index contributed by atoms with van der Waals surface area (Å²) in [5, 5.41) is 0. The van der Waals surface area contributed by atoms with E-state index in [2.05, 4.69) is 4.72 Å². The summed E-state index contributed by atoms with van der Waals surface area (Å²) in [6, 6.07) is 22.0. The Morgan fingerprint density at radius 3 is 2.14 bits per heavy atom. The van der Waals surface area contributed by atoms with Crippen LogP contribution in [0.3, 0.4) is 0 Å². The number of sulfonamides is 1. The van der Waals surface area contributed by atoms with Gasteiger partial charge in [-0.1, -0.05) is 54.6 Å². The second kappa shape index (κ2) is 8.37. The van der Waals surface area contributed by atoms with Gasteiger partial charge in [0.2, 0.25) is 10.0 Å². The van der Waals surface area contributed by atoms with E-state index < -0.39 is 16.1 Å². The minimum atomic E-state index is -3.86. The summed E-state index contributed by atoms with van der Waals surface area (Å²) in [6.45, 7) is 1.41. The monoisotopic (exact) mass is 395 g/mol. The Hall–Kier alpha value is -2.96. The van der Waals surface area contributed by atoms with Crippen molar-refractivity contribution < 1.29 is 17.9 Å². The van der Waals surface area contributed by atoms with Gasteiger partial charge in [-0.15, -0.1) is 0 Å². The van der Waals surface area contributed by atoms with E-state index in [-0.39, 0.29) is 10.7 Å². The van der Waals surface area contributed by atoms with Crippen LogP contribution in [-0.4, -0.2) is 21.3 Å². The maximum Gasteiger partial charge on any atom is 0.241 e. The molecule has 1 N–H and O–H groups in total. The second-order valence-electron chi connectivity index (χ2n) is 6.32.